The van der Waals surface area contributed by atoms with E-state index in [-0.39, 0.29) is 22.3 Å². The molecule has 1 atom stereocenters. The largest absolute Gasteiger partial charge is 0.502 e. The van der Waals surface area contributed by atoms with Crippen LogP contribution in [-0.2, 0) is 9.53 Å². The Morgan fingerprint density at radius 2 is 2.16 bits per heavy atom. The second kappa shape index (κ2) is 8.52. The van der Waals surface area contributed by atoms with Crippen molar-refractivity contribution in [1.29, 1.82) is 0 Å². The first kappa shape index (κ1) is 21.7. The standard InChI is InChI=1S/C21H17N3O6S2/c1-3-30-20(27)16-11(2)22-21-23(17(16)14-8-5-9-31-14)19(26)15(32-21)10-12-6-4-7-13(18(12)25)24(28)29/h4-10,17,25H,3H2,1-2H3/b15-10+/t17-/m1/s1. The van der Waals surface area contributed by atoms with Gasteiger partial charge >= 0.3 is 11.7 Å². The number of nitro groups is 1. The van der Waals surface area contributed by atoms with E-state index in [0.717, 1.165) is 16.2 Å². The van der Waals surface area contributed by atoms with E-state index in [4.69, 9.17) is 4.74 Å². The van der Waals surface area contributed by atoms with Crippen LogP contribution in [0.15, 0.2) is 56.8 Å². The van der Waals surface area contributed by atoms with E-state index in [1.54, 1.807) is 13.8 Å². The third-order valence-electron chi connectivity index (χ3n) is 4.86. The average Bonchev–Trinajstić information content (AvgIpc) is 3.37. The number of thiophene rings is 1. The Balaban J connectivity index is 1.95. The van der Waals surface area contributed by atoms with Crippen LogP contribution in [0.2, 0.25) is 0 Å². The first-order valence-corrected chi connectivity index (χ1v) is 11.2. The van der Waals surface area contributed by atoms with E-state index in [1.807, 2.05) is 17.5 Å². The molecule has 2 aromatic heterocycles. The number of hydrogen-bond donors (Lipinski definition) is 1. The lowest BCUT2D eigenvalue weighted by Crippen LogP contribution is -2.39. The van der Waals surface area contributed by atoms with Crippen LogP contribution in [0, 0.1) is 10.1 Å². The first-order chi connectivity index (χ1) is 15.3. The number of carbonyl (C=O) groups is 1. The van der Waals surface area contributed by atoms with Crippen molar-refractivity contribution < 1.29 is 19.6 Å². The zero-order valence-corrected chi connectivity index (χ0v) is 18.6. The van der Waals surface area contributed by atoms with Crippen LogP contribution in [0.25, 0.3) is 6.08 Å². The second-order valence-corrected chi connectivity index (χ2v) is 8.78. The number of ether oxygens (including phenoxy) is 1. The summed E-state index contributed by atoms with van der Waals surface area (Å²) in [4.78, 5) is 42.1. The Bertz CT molecular complexity index is 1430. The van der Waals surface area contributed by atoms with Crippen LogP contribution in [0.5, 0.6) is 5.75 Å². The molecule has 0 bridgehead atoms. The van der Waals surface area contributed by atoms with E-state index in [2.05, 4.69) is 4.99 Å². The minimum Gasteiger partial charge on any atom is -0.502 e. The van der Waals surface area contributed by atoms with Gasteiger partial charge in [-0.2, -0.15) is 0 Å². The summed E-state index contributed by atoms with van der Waals surface area (Å²) in [6, 6.07) is 7.04. The number of aromatic hydroxyl groups is 1. The van der Waals surface area contributed by atoms with Crippen LogP contribution < -0.4 is 14.9 Å². The minimum absolute atomic E-state index is 0.137. The number of fused-ring (bicyclic) bond motifs is 1. The normalized spacial score (nSPS) is 15.9. The number of allylic oxidation sites excluding steroid dienone is 1. The smallest absolute Gasteiger partial charge is 0.338 e. The molecule has 1 aliphatic rings. The van der Waals surface area contributed by atoms with Gasteiger partial charge in [0.15, 0.2) is 4.80 Å². The fraction of sp³-hybridized carbons (Fsp3) is 0.190. The molecule has 0 unspecified atom stereocenters. The number of nitro benzene ring substituents is 1. The van der Waals surface area contributed by atoms with Crippen molar-refractivity contribution in [2.24, 2.45) is 4.99 Å². The van der Waals surface area contributed by atoms with Crippen molar-refractivity contribution in [2.75, 3.05) is 6.61 Å². The summed E-state index contributed by atoms with van der Waals surface area (Å²) in [6.45, 7) is 3.58. The van der Waals surface area contributed by atoms with E-state index in [1.165, 1.54) is 40.2 Å². The molecular weight excluding hydrogens is 454 g/mol. The number of rotatable bonds is 5. The SMILES string of the molecule is CCOC(=O)C1=C(C)N=c2s/c(=C/c3cccc([N+](=O)[O-])c3O)c(=O)n2[C@@H]1c1cccs1. The minimum atomic E-state index is -0.703. The maximum atomic E-state index is 13.4. The predicted octanol–water partition coefficient (Wildman–Crippen LogP) is 2.47. The summed E-state index contributed by atoms with van der Waals surface area (Å²) in [6.07, 6.45) is 1.39. The number of benzene rings is 1. The zero-order valence-electron chi connectivity index (χ0n) is 17.0. The quantitative estimate of drug-likeness (QED) is 0.346. The molecule has 4 rings (SSSR count). The third-order valence-corrected chi connectivity index (χ3v) is 6.77. The predicted molar refractivity (Wildman–Crippen MR) is 119 cm³/mol. The highest BCUT2D eigenvalue weighted by Gasteiger charge is 2.33. The molecule has 9 nitrogen and oxygen atoms in total. The summed E-state index contributed by atoms with van der Waals surface area (Å²) in [5.41, 5.74) is -0.00598. The van der Waals surface area contributed by atoms with Gasteiger partial charge in [-0.3, -0.25) is 19.5 Å². The van der Waals surface area contributed by atoms with E-state index >= 15 is 0 Å². The number of phenolic OH excluding ortho intramolecular Hbond substituents is 1. The second-order valence-electron chi connectivity index (χ2n) is 6.79. The lowest BCUT2D eigenvalue weighted by atomic mass is 10.0. The van der Waals surface area contributed by atoms with Crippen molar-refractivity contribution in [3.05, 3.63) is 87.2 Å². The molecule has 0 amide bonds. The summed E-state index contributed by atoms with van der Waals surface area (Å²) >= 11 is 2.48. The highest BCUT2D eigenvalue weighted by molar-refractivity contribution is 7.10. The third kappa shape index (κ3) is 3.65. The molecule has 1 aromatic carbocycles. The molecule has 3 aromatic rings. The van der Waals surface area contributed by atoms with Crippen molar-refractivity contribution in [3.63, 3.8) is 0 Å². The van der Waals surface area contributed by atoms with Gasteiger partial charge in [0, 0.05) is 16.5 Å². The van der Waals surface area contributed by atoms with Crippen LogP contribution in [0.4, 0.5) is 5.69 Å². The summed E-state index contributed by atoms with van der Waals surface area (Å²) in [7, 11) is 0. The highest BCUT2D eigenvalue weighted by atomic mass is 32.1. The Labute approximate surface area is 189 Å². The molecule has 11 heteroatoms. The highest BCUT2D eigenvalue weighted by Crippen LogP contribution is 2.33. The zero-order chi connectivity index (χ0) is 23.0. The lowest BCUT2D eigenvalue weighted by molar-refractivity contribution is -0.385. The number of nitrogens with zero attached hydrogens (tertiary/aromatic N) is 3. The number of para-hydroxylation sites is 1. The molecular formula is C21H17N3O6S2. The van der Waals surface area contributed by atoms with Crippen LogP contribution in [0.1, 0.15) is 30.3 Å². The van der Waals surface area contributed by atoms with Gasteiger partial charge in [-0.15, -0.1) is 11.3 Å². The van der Waals surface area contributed by atoms with Gasteiger partial charge in [0.1, 0.15) is 6.04 Å². The lowest BCUT2D eigenvalue weighted by Gasteiger charge is -2.23. The van der Waals surface area contributed by atoms with Crippen LogP contribution in [-0.4, -0.2) is 27.2 Å². The molecule has 1 aliphatic heterocycles. The molecule has 164 valence electrons. The Morgan fingerprint density at radius 1 is 1.38 bits per heavy atom. The van der Waals surface area contributed by atoms with Gasteiger partial charge in [0.05, 0.1) is 27.3 Å². The molecule has 0 radical (unpaired) electrons. The molecule has 32 heavy (non-hydrogen) atoms. The molecule has 0 aliphatic carbocycles. The number of hydrogen-bond acceptors (Lipinski definition) is 9. The van der Waals surface area contributed by atoms with Gasteiger partial charge in [-0.1, -0.05) is 29.5 Å². The summed E-state index contributed by atoms with van der Waals surface area (Å²) < 4.78 is 6.87. The molecule has 3 heterocycles. The van der Waals surface area contributed by atoms with E-state index in [9.17, 15) is 24.8 Å². The van der Waals surface area contributed by atoms with Gasteiger partial charge in [0.2, 0.25) is 5.75 Å². The molecule has 0 fully saturated rings. The summed E-state index contributed by atoms with van der Waals surface area (Å²) in [5.74, 6) is -1.07. The van der Waals surface area contributed by atoms with Crippen LogP contribution >= 0.6 is 22.7 Å². The average molecular weight is 472 g/mol. The molecule has 0 spiro atoms. The van der Waals surface area contributed by atoms with Crippen molar-refractivity contribution >= 4 is 40.4 Å². The molecule has 1 N–H and O–H groups in total. The van der Waals surface area contributed by atoms with Gasteiger partial charge in [-0.05, 0) is 31.4 Å². The number of esters is 1. The number of carbonyl (C=O) groups excluding carboxylic acids is 1. The van der Waals surface area contributed by atoms with E-state index in [0.29, 0.717) is 10.5 Å². The maximum Gasteiger partial charge on any atom is 0.338 e. The van der Waals surface area contributed by atoms with Crippen LogP contribution in [0.3, 0.4) is 0 Å². The Morgan fingerprint density at radius 3 is 2.81 bits per heavy atom. The monoisotopic (exact) mass is 471 g/mol. The Hall–Kier alpha value is -3.57. The van der Waals surface area contributed by atoms with Gasteiger partial charge in [-0.25, -0.2) is 9.79 Å². The molecule has 0 saturated heterocycles. The maximum absolute atomic E-state index is 13.4. The van der Waals surface area contributed by atoms with E-state index < -0.39 is 33.9 Å². The fourth-order valence-electron chi connectivity index (χ4n) is 3.46. The number of aromatic nitrogens is 1. The van der Waals surface area contributed by atoms with Crippen molar-refractivity contribution in [2.45, 2.75) is 19.9 Å². The van der Waals surface area contributed by atoms with Crippen molar-refractivity contribution in [3.8, 4) is 5.75 Å². The topological polar surface area (TPSA) is 124 Å². The fourth-order valence-corrected chi connectivity index (χ4v) is 5.32. The number of thiazole rings is 1. The van der Waals surface area contributed by atoms with Crippen molar-refractivity contribution in [1.82, 2.24) is 4.57 Å². The first-order valence-electron chi connectivity index (χ1n) is 9.53. The summed E-state index contributed by atoms with van der Waals surface area (Å²) in [5, 5.41) is 23.2. The van der Waals surface area contributed by atoms with Gasteiger partial charge < -0.3 is 9.84 Å². The molecule has 0 saturated carbocycles. The van der Waals surface area contributed by atoms with Gasteiger partial charge in [0.25, 0.3) is 5.56 Å². The number of phenols is 1. The Kier molecular flexibility index (Phi) is 5.76.